The van der Waals surface area contributed by atoms with Crippen LogP contribution in [0.2, 0.25) is 0 Å². The molecule has 1 aliphatic carbocycles. The molecule has 1 aromatic carbocycles. The Hall–Kier alpha value is -2.94. The van der Waals surface area contributed by atoms with Crippen LogP contribution < -0.4 is 10.1 Å². The molecular weight excluding hydrogens is 292 g/mol. The molecular formula is C17H16N4O2. The number of nitrogens with zero attached hydrogens (tertiary/aromatic N) is 3. The Labute approximate surface area is 134 Å². The second-order valence-corrected chi connectivity index (χ2v) is 5.42. The van der Waals surface area contributed by atoms with Crippen molar-refractivity contribution in [3.63, 3.8) is 0 Å². The number of benzene rings is 1. The maximum absolute atomic E-state index is 12.1. The van der Waals surface area contributed by atoms with E-state index in [1.165, 1.54) is 0 Å². The standard InChI is InChI=1S/C17H16N4O2/c18-11-12-5-1-4-8-15(12)23-16-10-9-14(20-21-16)17(22)19-13-6-2-3-7-13/h1,4-5,8-10,13H,2-3,6-7H2,(H,19,22). The van der Waals surface area contributed by atoms with Gasteiger partial charge in [0.2, 0.25) is 5.88 Å². The molecule has 1 N–H and O–H groups in total. The number of nitrogens with one attached hydrogen (secondary N) is 1. The van der Waals surface area contributed by atoms with Crippen molar-refractivity contribution in [2.45, 2.75) is 31.7 Å². The van der Waals surface area contributed by atoms with Crippen molar-refractivity contribution >= 4 is 5.91 Å². The molecule has 0 aliphatic heterocycles. The molecule has 6 heteroatoms. The van der Waals surface area contributed by atoms with Gasteiger partial charge < -0.3 is 10.1 Å². The number of carbonyl (C=O) groups excluding carboxylic acids is 1. The van der Waals surface area contributed by atoms with Gasteiger partial charge in [0.1, 0.15) is 11.8 Å². The molecule has 1 amide bonds. The Kier molecular flexibility index (Phi) is 4.48. The molecule has 0 atom stereocenters. The zero-order valence-electron chi connectivity index (χ0n) is 12.5. The van der Waals surface area contributed by atoms with Crippen molar-refractivity contribution in [1.82, 2.24) is 15.5 Å². The van der Waals surface area contributed by atoms with Crippen LogP contribution in [-0.2, 0) is 0 Å². The Balaban J connectivity index is 1.67. The van der Waals surface area contributed by atoms with E-state index < -0.39 is 0 Å². The second-order valence-electron chi connectivity index (χ2n) is 5.42. The fourth-order valence-electron chi connectivity index (χ4n) is 2.59. The molecule has 6 nitrogen and oxygen atoms in total. The number of carbonyl (C=O) groups is 1. The van der Waals surface area contributed by atoms with Crippen LogP contribution in [0.15, 0.2) is 36.4 Å². The van der Waals surface area contributed by atoms with Gasteiger partial charge in [0, 0.05) is 12.1 Å². The topological polar surface area (TPSA) is 87.9 Å². The molecule has 0 saturated heterocycles. The lowest BCUT2D eigenvalue weighted by Gasteiger charge is -2.11. The van der Waals surface area contributed by atoms with Crippen LogP contribution in [0, 0.1) is 11.3 Å². The first-order chi connectivity index (χ1) is 11.3. The number of nitriles is 1. The smallest absolute Gasteiger partial charge is 0.272 e. The van der Waals surface area contributed by atoms with Crippen molar-refractivity contribution in [2.75, 3.05) is 0 Å². The minimum absolute atomic E-state index is 0.214. The third-order valence-corrected chi connectivity index (χ3v) is 3.79. The highest BCUT2D eigenvalue weighted by Crippen LogP contribution is 2.23. The van der Waals surface area contributed by atoms with E-state index in [4.69, 9.17) is 10.00 Å². The second kappa shape index (κ2) is 6.88. The van der Waals surface area contributed by atoms with Gasteiger partial charge in [0.15, 0.2) is 5.69 Å². The van der Waals surface area contributed by atoms with Crippen molar-refractivity contribution < 1.29 is 9.53 Å². The van der Waals surface area contributed by atoms with Crippen LogP contribution in [0.5, 0.6) is 11.6 Å². The van der Waals surface area contributed by atoms with Crippen molar-refractivity contribution in [3.05, 3.63) is 47.7 Å². The number of hydrogen-bond acceptors (Lipinski definition) is 5. The molecule has 1 heterocycles. The number of para-hydroxylation sites is 1. The summed E-state index contributed by atoms with van der Waals surface area (Å²) in [6.45, 7) is 0. The summed E-state index contributed by atoms with van der Waals surface area (Å²) in [4.78, 5) is 12.1. The Morgan fingerprint density at radius 1 is 1.17 bits per heavy atom. The van der Waals surface area contributed by atoms with Gasteiger partial charge in [0.25, 0.3) is 5.91 Å². The van der Waals surface area contributed by atoms with Gasteiger partial charge in [-0.25, -0.2) is 0 Å². The molecule has 0 unspecified atom stereocenters. The summed E-state index contributed by atoms with van der Waals surface area (Å²) < 4.78 is 5.54. The van der Waals surface area contributed by atoms with Gasteiger partial charge in [-0.2, -0.15) is 5.26 Å². The summed E-state index contributed by atoms with van der Waals surface area (Å²) >= 11 is 0. The predicted molar refractivity (Wildman–Crippen MR) is 83.0 cm³/mol. The molecule has 23 heavy (non-hydrogen) atoms. The minimum atomic E-state index is -0.214. The van der Waals surface area contributed by atoms with E-state index in [9.17, 15) is 4.79 Å². The zero-order chi connectivity index (χ0) is 16.1. The predicted octanol–water partition coefficient (Wildman–Crippen LogP) is 2.81. The Morgan fingerprint density at radius 3 is 2.65 bits per heavy atom. The zero-order valence-corrected chi connectivity index (χ0v) is 12.5. The number of hydrogen-bond donors (Lipinski definition) is 1. The fourth-order valence-corrected chi connectivity index (χ4v) is 2.59. The minimum Gasteiger partial charge on any atom is -0.436 e. The van der Waals surface area contributed by atoms with E-state index in [2.05, 4.69) is 15.5 Å². The van der Waals surface area contributed by atoms with Crippen LogP contribution in [-0.4, -0.2) is 22.1 Å². The molecule has 0 radical (unpaired) electrons. The van der Waals surface area contributed by atoms with Gasteiger partial charge >= 0.3 is 0 Å². The quantitative estimate of drug-likeness (QED) is 0.938. The normalized spacial score (nSPS) is 14.2. The number of ether oxygens (including phenoxy) is 1. The van der Waals surface area contributed by atoms with E-state index in [1.807, 2.05) is 6.07 Å². The molecule has 116 valence electrons. The first-order valence-electron chi connectivity index (χ1n) is 7.58. The third kappa shape index (κ3) is 3.64. The summed E-state index contributed by atoms with van der Waals surface area (Å²) in [6, 6.07) is 12.3. The van der Waals surface area contributed by atoms with Crippen LogP contribution in [0.1, 0.15) is 41.7 Å². The highest BCUT2D eigenvalue weighted by atomic mass is 16.5. The van der Waals surface area contributed by atoms with Crippen LogP contribution in [0.3, 0.4) is 0 Å². The van der Waals surface area contributed by atoms with Gasteiger partial charge in [-0.1, -0.05) is 25.0 Å². The van der Waals surface area contributed by atoms with Crippen molar-refractivity contribution in [3.8, 4) is 17.7 Å². The molecule has 3 rings (SSSR count). The maximum Gasteiger partial charge on any atom is 0.272 e. The monoisotopic (exact) mass is 308 g/mol. The average Bonchev–Trinajstić information content (AvgIpc) is 3.09. The molecule has 1 aromatic heterocycles. The van der Waals surface area contributed by atoms with E-state index in [-0.39, 0.29) is 23.5 Å². The Bertz CT molecular complexity index is 731. The first kappa shape index (κ1) is 15.0. The van der Waals surface area contributed by atoms with Crippen LogP contribution in [0.4, 0.5) is 0 Å². The van der Waals surface area contributed by atoms with E-state index in [0.717, 1.165) is 25.7 Å². The largest absolute Gasteiger partial charge is 0.436 e. The summed E-state index contributed by atoms with van der Waals surface area (Å²) in [5.74, 6) is 0.436. The van der Waals surface area contributed by atoms with Crippen LogP contribution >= 0.6 is 0 Å². The lowest BCUT2D eigenvalue weighted by Crippen LogP contribution is -2.33. The van der Waals surface area contributed by atoms with Gasteiger partial charge in [-0.05, 0) is 31.0 Å². The summed E-state index contributed by atoms with van der Waals surface area (Å²) in [5.41, 5.74) is 0.676. The molecule has 2 aromatic rings. The molecule has 1 aliphatic rings. The molecule has 1 saturated carbocycles. The lowest BCUT2D eigenvalue weighted by molar-refractivity contribution is 0.0931. The molecule has 0 bridgehead atoms. The number of aromatic nitrogens is 2. The molecule has 0 spiro atoms. The van der Waals surface area contributed by atoms with Crippen molar-refractivity contribution in [2.24, 2.45) is 0 Å². The highest BCUT2D eigenvalue weighted by molar-refractivity contribution is 5.92. The van der Waals surface area contributed by atoms with E-state index in [0.29, 0.717) is 11.3 Å². The Morgan fingerprint density at radius 2 is 1.96 bits per heavy atom. The number of rotatable bonds is 4. The van der Waals surface area contributed by atoms with Crippen molar-refractivity contribution in [1.29, 1.82) is 5.26 Å². The third-order valence-electron chi connectivity index (χ3n) is 3.79. The van der Waals surface area contributed by atoms with E-state index >= 15 is 0 Å². The fraction of sp³-hybridized carbons (Fsp3) is 0.294. The van der Waals surface area contributed by atoms with E-state index in [1.54, 1.807) is 36.4 Å². The maximum atomic E-state index is 12.1. The first-order valence-corrected chi connectivity index (χ1v) is 7.58. The SMILES string of the molecule is N#Cc1ccccc1Oc1ccc(C(=O)NC2CCCC2)nn1. The average molecular weight is 308 g/mol. The van der Waals surface area contributed by atoms with Crippen LogP contribution in [0.25, 0.3) is 0 Å². The highest BCUT2D eigenvalue weighted by Gasteiger charge is 2.19. The lowest BCUT2D eigenvalue weighted by atomic mass is 10.2. The summed E-state index contributed by atoms with van der Waals surface area (Å²) in [6.07, 6.45) is 4.35. The van der Waals surface area contributed by atoms with Gasteiger partial charge in [0.05, 0.1) is 5.56 Å². The summed E-state index contributed by atoms with van der Waals surface area (Å²) in [7, 11) is 0. The number of amides is 1. The van der Waals surface area contributed by atoms with Gasteiger partial charge in [-0.15, -0.1) is 10.2 Å². The summed E-state index contributed by atoms with van der Waals surface area (Å²) in [5, 5.41) is 19.8. The molecule has 1 fully saturated rings. The van der Waals surface area contributed by atoms with Gasteiger partial charge in [-0.3, -0.25) is 4.79 Å².